The highest BCUT2D eigenvalue weighted by Gasteiger charge is 2.38. The summed E-state index contributed by atoms with van der Waals surface area (Å²) < 4.78 is 5.67. The molecule has 1 aliphatic rings. The van der Waals surface area contributed by atoms with E-state index in [1.165, 1.54) is 18.7 Å². The highest BCUT2D eigenvalue weighted by molar-refractivity contribution is 6.29. The number of carbonyl (C=O) groups is 1. The summed E-state index contributed by atoms with van der Waals surface area (Å²) in [6.45, 7) is 4.08. The second-order valence-electron chi connectivity index (χ2n) is 6.63. The van der Waals surface area contributed by atoms with Gasteiger partial charge in [0.1, 0.15) is 23.1 Å². The number of fused-ring (bicyclic) bond motifs is 1. The number of nitrogens with zero attached hydrogens (tertiary/aromatic N) is 4. The number of carbonyl (C=O) groups excluding carboxylic acids is 1. The monoisotopic (exact) mass is 372 g/mol. The lowest BCUT2D eigenvalue weighted by molar-refractivity contribution is 0.0950. The topological polar surface area (TPSA) is 106 Å². The molecule has 4 rings (SSSR count). The van der Waals surface area contributed by atoms with Gasteiger partial charge in [-0.25, -0.2) is 15.0 Å². The summed E-state index contributed by atoms with van der Waals surface area (Å²) in [6.07, 6.45) is 6.52. The first-order chi connectivity index (χ1) is 12.5. The van der Waals surface area contributed by atoms with Crippen LogP contribution in [0.2, 0.25) is 5.15 Å². The molecule has 8 nitrogen and oxygen atoms in total. The van der Waals surface area contributed by atoms with E-state index in [4.69, 9.17) is 16.0 Å². The van der Waals surface area contributed by atoms with Crippen LogP contribution in [0, 0.1) is 6.92 Å². The number of hydrogen-bond donors (Lipinski definition) is 2. The van der Waals surface area contributed by atoms with Gasteiger partial charge in [-0.15, -0.1) is 0 Å². The molecule has 0 unspecified atom stereocenters. The average molecular weight is 373 g/mol. The number of anilines is 1. The summed E-state index contributed by atoms with van der Waals surface area (Å²) in [4.78, 5) is 29.3. The van der Waals surface area contributed by atoms with E-state index < -0.39 is 0 Å². The van der Waals surface area contributed by atoms with Crippen molar-refractivity contribution in [1.82, 2.24) is 25.3 Å². The Hall–Kier alpha value is -2.74. The van der Waals surface area contributed by atoms with Crippen LogP contribution in [0.5, 0.6) is 0 Å². The number of amides is 1. The third-order valence-electron chi connectivity index (χ3n) is 4.42. The van der Waals surface area contributed by atoms with Gasteiger partial charge in [-0.2, -0.15) is 0 Å². The molecule has 134 valence electrons. The van der Waals surface area contributed by atoms with Gasteiger partial charge < -0.3 is 15.1 Å². The SMILES string of the molecule is Cc1oc2ncnc(NC3(C)CC3)c2c1C(=O)NCc1cnc(Cl)cn1. The Morgan fingerprint density at radius 1 is 1.27 bits per heavy atom. The standard InChI is InChI=1S/C17H17ClN6O2/c1-9-12(15(25)21-6-10-5-20-11(18)7-19-10)13-14(24-17(2)3-4-17)22-8-23-16(13)26-9/h5,7-8H,3-4,6H2,1-2H3,(H,21,25)(H,22,23,24). The Morgan fingerprint density at radius 2 is 2.08 bits per heavy atom. The van der Waals surface area contributed by atoms with Crippen molar-refractivity contribution in [3.8, 4) is 0 Å². The van der Waals surface area contributed by atoms with Crippen LogP contribution in [0.3, 0.4) is 0 Å². The van der Waals surface area contributed by atoms with Gasteiger partial charge in [0.05, 0.1) is 35.6 Å². The molecule has 3 aromatic heterocycles. The normalized spacial score (nSPS) is 15.0. The van der Waals surface area contributed by atoms with E-state index in [2.05, 4.69) is 37.5 Å². The van der Waals surface area contributed by atoms with Gasteiger partial charge in [-0.3, -0.25) is 9.78 Å². The quantitative estimate of drug-likeness (QED) is 0.709. The fourth-order valence-corrected chi connectivity index (χ4v) is 2.80. The third-order valence-corrected chi connectivity index (χ3v) is 4.61. The molecule has 0 spiro atoms. The molecule has 0 radical (unpaired) electrons. The highest BCUT2D eigenvalue weighted by Crippen LogP contribution is 2.40. The Bertz CT molecular complexity index is 981. The molecule has 0 aromatic carbocycles. The minimum atomic E-state index is -0.281. The van der Waals surface area contributed by atoms with E-state index in [-0.39, 0.29) is 18.0 Å². The largest absolute Gasteiger partial charge is 0.442 e. The summed E-state index contributed by atoms with van der Waals surface area (Å²) >= 11 is 5.72. The lowest BCUT2D eigenvalue weighted by Crippen LogP contribution is -2.24. The summed E-state index contributed by atoms with van der Waals surface area (Å²) in [6, 6.07) is 0. The van der Waals surface area contributed by atoms with Crippen LogP contribution in [-0.4, -0.2) is 31.4 Å². The van der Waals surface area contributed by atoms with Crippen molar-refractivity contribution < 1.29 is 9.21 Å². The smallest absolute Gasteiger partial charge is 0.255 e. The molecule has 2 N–H and O–H groups in total. The highest BCUT2D eigenvalue weighted by atomic mass is 35.5. The summed E-state index contributed by atoms with van der Waals surface area (Å²) in [5, 5.41) is 7.13. The van der Waals surface area contributed by atoms with Gasteiger partial charge in [-0.05, 0) is 26.7 Å². The van der Waals surface area contributed by atoms with Gasteiger partial charge in [-0.1, -0.05) is 11.6 Å². The Labute approximate surface area is 154 Å². The van der Waals surface area contributed by atoms with Crippen LogP contribution in [0.4, 0.5) is 5.82 Å². The molecule has 1 aliphatic carbocycles. The van der Waals surface area contributed by atoms with Crippen molar-refractivity contribution in [3.05, 3.63) is 40.9 Å². The van der Waals surface area contributed by atoms with Crippen molar-refractivity contribution in [2.75, 3.05) is 5.32 Å². The van der Waals surface area contributed by atoms with Crippen molar-refractivity contribution in [3.63, 3.8) is 0 Å². The molecule has 3 heterocycles. The van der Waals surface area contributed by atoms with Crippen LogP contribution in [0.1, 0.15) is 41.6 Å². The molecule has 0 saturated heterocycles. The van der Waals surface area contributed by atoms with Gasteiger partial charge in [0, 0.05) is 5.54 Å². The van der Waals surface area contributed by atoms with E-state index >= 15 is 0 Å². The van der Waals surface area contributed by atoms with Crippen molar-refractivity contribution in [2.45, 2.75) is 38.8 Å². The molecule has 9 heteroatoms. The lowest BCUT2D eigenvalue weighted by atomic mass is 10.1. The second kappa shape index (κ2) is 6.21. The van der Waals surface area contributed by atoms with E-state index in [1.54, 1.807) is 6.92 Å². The number of rotatable bonds is 5. The molecule has 0 aliphatic heterocycles. The molecule has 1 fully saturated rings. The summed E-state index contributed by atoms with van der Waals surface area (Å²) in [5.74, 6) is 0.823. The maximum absolute atomic E-state index is 12.8. The fourth-order valence-electron chi connectivity index (χ4n) is 2.70. The molecule has 26 heavy (non-hydrogen) atoms. The number of halogens is 1. The van der Waals surface area contributed by atoms with Crippen molar-refractivity contribution >= 4 is 34.4 Å². The first kappa shape index (κ1) is 16.7. The fraction of sp³-hybridized carbons (Fsp3) is 0.353. The minimum Gasteiger partial charge on any atom is -0.442 e. The van der Waals surface area contributed by atoms with Crippen LogP contribution < -0.4 is 10.6 Å². The molecule has 1 amide bonds. The van der Waals surface area contributed by atoms with Gasteiger partial charge in [0.2, 0.25) is 5.71 Å². The summed E-state index contributed by atoms with van der Waals surface area (Å²) in [5.41, 5.74) is 1.43. The van der Waals surface area contributed by atoms with E-state index in [0.29, 0.717) is 39.1 Å². The molecule has 0 atom stereocenters. The van der Waals surface area contributed by atoms with Crippen LogP contribution in [0.25, 0.3) is 11.1 Å². The van der Waals surface area contributed by atoms with Crippen LogP contribution in [0.15, 0.2) is 23.1 Å². The molecule has 0 bridgehead atoms. The maximum Gasteiger partial charge on any atom is 0.255 e. The van der Waals surface area contributed by atoms with Crippen LogP contribution >= 0.6 is 11.6 Å². The average Bonchev–Trinajstić information content (AvgIpc) is 3.23. The molecule has 1 saturated carbocycles. The van der Waals surface area contributed by atoms with Gasteiger partial charge in [0.15, 0.2) is 0 Å². The molecule has 3 aromatic rings. The number of furan rings is 1. The third kappa shape index (κ3) is 3.20. The predicted molar refractivity (Wildman–Crippen MR) is 96.0 cm³/mol. The first-order valence-electron chi connectivity index (χ1n) is 8.22. The Kier molecular flexibility index (Phi) is 3.99. The zero-order chi connectivity index (χ0) is 18.3. The Morgan fingerprint density at radius 3 is 2.77 bits per heavy atom. The van der Waals surface area contributed by atoms with Crippen molar-refractivity contribution in [2.24, 2.45) is 0 Å². The van der Waals surface area contributed by atoms with Gasteiger partial charge in [0.25, 0.3) is 5.91 Å². The number of hydrogen-bond acceptors (Lipinski definition) is 7. The lowest BCUT2D eigenvalue weighted by Gasteiger charge is -2.13. The zero-order valence-electron chi connectivity index (χ0n) is 14.3. The van der Waals surface area contributed by atoms with Crippen molar-refractivity contribution in [1.29, 1.82) is 0 Å². The summed E-state index contributed by atoms with van der Waals surface area (Å²) in [7, 11) is 0. The van der Waals surface area contributed by atoms with Gasteiger partial charge >= 0.3 is 0 Å². The van der Waals surface area contributed by atoms with E-state index in [0.717, 1.165) is 12.8 Å². The number of nitrogens with one attached hydrogen (secondary N) is 2. The zero-order valence-corrected chi connectivity index (χ0v) is 15.1. The predicted octanol–water partition coefficient (Wildman–Crippen LogP) is 2.87. The van der Waals surface area contributed by atoms with E-state index in [1.807, 2.05) is 0 Å². The van der Waals surface area contributed by atoms with Crippen LogP contribution in [-0.2, 0) is 6.54 Å². The van der Waals surface area contributed by atoms with E-state index in [9.17, 15) is 4.79 Å². The number of aryl methyl sites for hydroxylation is 1. The second-order valence-corrected chi connectivity index (χ2v) is 7.02. The maximum atomic E-state index is 12.8. The number of aromatic nitrogens is 4. The molecular weight excluding hydrogens is 356 g/mol. The minimum absolute atomic E-state index is 0.0130. The first-order valence-corrected chi connectivity index (χ1v) is 8.60. The molecular formula is C17H17ClN6O2. The Balaban J connectivity index is 1.63.